The summed E-state index contributed by atoms with van der Waals surface area (Å²) in [5.41, 5.74) is -0.131. The smallest absolute Gasteiger partial charge is 0.305 e. The van der Waals surface area contributed by atoms with Crippen molar-refractivity contribution >= 4 is 33.4 Å². The second-order valence-corrected chi connectivity index (χ2v) is 4.28. The van der Waals surface area contributed by atoms with Gasteiger partial charge in [0.15, 0.2) is 0 Å². The maximum atomic E-state index is 10.5. The van der Waals surface area contributed by atoms with Gasteiger partial charge >= 0.3 is 5.97 Å². The molecule has 1 aromatic heterocycles. The number of hydrogen-bond acceptors (Lipinski definition) is 5. The Balaban J connectivity index is 2.79. The van der Waals surface area contributed by atoms with Gasteiger partial charge in [-0.05, 0) is 22.9 Å². The molecule has 0 amide bonds. The van der Waals surface area contributed by atoms with Crippen molar-refractivity contribution < 1.29 is 14.8 Å². The van der Waals surface area contributed by atoms with Crippen molar-refractivity contribution in [3.63, 3.8) is 0 Å². The van der Waals surface area contributed by atoms with Crippen LogP contribution in [0.5, 0.6) is 0 Å². The maximum Gasteiger partial charge on any atom is 0.305 e. The molecule has 1 heterocycles. The average molecular weight is 304 g/mol. The van der Waals surface area contributed by atoms with Crippen molar-refractivity contribution in [1.82, 2.24) is 4.98 Å². The molecule has 17 heavy (non-hydrogen) atoms. The maximum absolute atomic E-state index is 10.5. The monoisotopic (exact) mass is 303 g/mol. The number of nitro groups is 1. The van der Waals surface area contributed by atoms with Crippen LogP contribution in [0, 0.1) is 10.1 Å². The van der Waals surface area contributed by atoms with Crippen molar-refractivity contribution in [3.8, 4) is 0 Å². The third-order valence-corrected chi connectivity index (χ3v) is 2.51. The molecule has 0 aliphatic rings. The molecular formula is C9H10BrN3O4. The fourth-order valence-electron chi connectivity index (χ4n) is 1.18. The molecule has 1 rings (SSSR count). The number of pyridine rings is 1. The Morgan fingerprint density at radius 2 is 2.41 bits per heavy atom. The number of aromatic nitrogens is 1. The van der Waals surface area contributed by atoms with Crippen LogP contribution < -0.4 is 5.32 Å². The molecule has 92 valence electrons. The van der Waals surface area contributed by atoms with Crippen LogP contribution in [0.15, 0.2) is 16.7 Å². The lowest BCUT2D eigenvalue weighted by Gasteiger charge is -2.12. The van der Waals surface area contributed by atoms with E-state index in [1.165, 1.54) is 6.07 Å². The van der Waals surface area contributed by atoms with Crippen LogP contribution in [0.2, 0.25) is 0 Å². The first-order chi connectivity index (χ1) is 7.90. The minimum absolute atomic E-state index is 0.0644. The predicted octanol–water partition coefficient (Wildman–Crippen LogP) is 2.03. The summed E-state index contributed by atoms with van der Waals surface area (Å²) in [5, 5.41) is 21.9. The van der Waals surface area contributed by atoms with Gasteiger partial charge in [0.2, 0.25) is 0 Å². The zero-order valence-corrected chi connectivity index (χ0v) is 10.5. The lowest BCUT2D eigenvalue weighted by molar-refractivity contribution is -0.385. The molecule has 2 N–H and O–H groups in total. The van der Waals surface area contributed by atoms with E-state index in [1.807, 2.05) is 0 Å². The molecule has 0 saturated heterocycles. The van der Waals surface area contributed by atoms with Crippen LogP contribution in [0.4, 0.5) is 11.5 Å². The Morgan fingerprint density at radius 3 is 2.88 bits per heavy atom. The summed E-state index contributed by atoms with van der Waals surface area (Å²) >= 11 is 3.13. The molecule has 0 fully saturated rings. The van der Waals surface area contributed by atoms with Gasteiger partial charge in [-0.2, -0.15) is 0 Å². The Labute approximate surface area is 105 Å². The quantitative estimate of drug-likeness (QED) is 0.637. The van der Waals surface area contributed by atoms with Gasteiger partial charge in [-0.25, -0.2) is 4.98 Å². The number of halogens is 1. The van der Waals surface area contributed by atoms with Gasteiger partial charge in [0, 0.05) is 12.1 Å². The van der Waals surface area contributed by atoms with Gasteiger partial charge < -0.3 is 10.4 Å². The highest BCUT2D eigenvalue weighted by molar-refractivity contribution is 9.10. The molecule has 7 nitrogen and oxygen atoms in total. The molecule has 0 spiro atoms. The second kappa shape index (κ2) is 5.58. The summed E-state index contributed by atoms with van der Waals surface area (Å²) in [7, 11) is 0. The first-order valence-electron chi connectivity index (χ1n) is 4.68. The van der Waals surface area contributed by atoms with Crippen LogP contribution in [0.25, 0.3) is 0 Å². The Morgan fingerprint density at radius 1 is 1.76 bits per heavy atom. The first kappa shape index (κ1) is 13.4. The Kier molecular flexibility index (Phi) is 4.38. The highest BCUT2D eigenvalue weighted by atomic mass is 79.9. The fourth-order valence-corrected chi connectivity index (χ4v) is 1.63. The molecule has 1 unspecified atom stereocenters. The van der Waals surface area contributed by atoms with E-state index in [0.29, 0.717) is 10.3 Å². The topological polar surface area (TPSA) is 105 Å². The van der Waals surface area contributed by atoms with Crippen molar-refractivity contribution in [2.45, 2.75) is 19.4 Å². The average Bonchev–Trinajstić information content (AvgIpc) is 2.19. The SMILES string of the molecule is CC(CC(=O)O)Nc1ncc([N+](=O)[O-])cc1Br. The number of carbonyl (C=O) groups is 1. The van der Waals surface area contributed by atoms with E-state index in [2.05, 4.69) is 26.2 Å². The summed E-state index contributed by atoms with van der Waals surface area (Å²) in [6.07, 6.45) is 1.05. The van der Waals surface area contributed by atoms with E-state index in [-0.39, 0.29) is 18.2 Å². The van der Waals surface area contributed by atoms with Crippen molar-refractivity contribution in [2.24, 2.45) is 0 Å². The van der Waals surface area contributed by atoms with Gasteiger partial charge in [-0.15, -0.1) is 0 Å². The van der Waals surface area contributed by atoms with Crippen molar-refractivity contribution in [2.75, 3.05) is 5.32 Å². The second-order valence-electron chi connectivity index (χ2n) is 3.42. The number of hydrogen-bond donors (Lipinski definition) is 2. The normalized spacial score (nSPS) is 11.9. The summed E-state index contributed by atoms with van der Waals surface area (Å²) in [6, 6.07) is 0.987. The van der Waals surface area contributed by atoms with E-state index in [9.17, 15) is 14.9 Å². The van der Waals surface area contributed by atoms with E-state index in [1.54, 1.807) is 6.92 Å². The summed E-state index contributed by atoms with van der Waals surface area (Å²) < 4.78 is 0.420. The van der Waals surface area contributed by atoms with E-state index in [4.69, 9.17) is 5.11 Å². The number of carboxylic acids is 1. The zero-order chi connectivity index (χ0) is 13.0. The van der Waals surface area contributed by atoms with Gasteiger partial charge in [-0.3, -0.25) is 14.9 Å². The van der Waals surface area contributed by atoms with Gasteiger partial charge in [-0.1, -0.05) is 0 Å². The molecule has 1 atom stereocenters. The lowest BCUT2D eigenvalue weighted by Crippen LogP contribution is -2.20. The number of rotatable bonds is 5. The fraction of sp³-hybridized carbons (Fsp3) is 0.333. The van der Waals surface area contributed by atoms with Crippen LogP contribution in [-0.2, 0) is 4.79 Å². The summed E-state index contributed by atoms with van der Waals surface area (Å²) in [6.45, 7) is 1.68. The first-order valence-corrected chi connectivity index (χ1v) is 5.47. The molecule has 0 radical (unpaired) electrons. The highest BCUT2D eigenvalue weighted by Gasteiger charge is 2.13. The molecular weight excluding hydrogens is 294 g/mol. The van der Waals surface area contributed by atoms with Crippen LogP contribution in [0.3, 0.4) is 0 Å². The minimum Gasteiger partial charge on any atom is -0.481 e. The van der Waals surface area contributed by atoms with E-state index < -0.39 is 10.9 Å². The zero-order valence-electron chi connectivity index (χ0n) is 8.88. The van der Waals surface area contributed by atoms with Crippen LogP contribution in [0.1, 0.15) is 13.3 Å². The van der Waals surface area contributed by atoms with Crippen LogP contribution in [-0.4, -0.2) is 27.0 Å². The van der Waals surface area contributed by atoms with Crippen molar-refractivity contribution in [1.29, 1.82) is 0 Å². The van der Waals surface area contributed by atoms with Crippen LogP contribution >= 0.6 is 15.9 Å². The number of nitrogens with zero attached hydrogens (tertiary/aromatic N) is 2. The Hall–Kier alpha value is -1.70. The predicted molar refractivity (Wildman–Crippen MR) is 63.9 cm³/mol. The summed E-state index contributed by atoms with van der Waals surface area (Å²) in [5.74, 6) is -0.549. The number of nitrogens with one attached hydrogen (secondary N) is 1. The third kappa shape index (κ3) is 3.99. The highest BCUT2D eigenvalue weighted by Crippen LogP contribution is 2.25. The lowest BCUT2D eigenvalue weighted by atomic mass is 10.2. The van der Waals surface area contributed by atoms with E-state index >= 15 is 0 Å². The molecule has 8 heteroatoms. The molecule has 0 bridgehead atoms. The van der Waals surface area contributed by atoms with E-state index in [0.717, 1.165) is 6.20 Å². The standard InChI is InChI=1S/C9H10BrN3O4/c1-5(2-8(14)15)12-9-7(10)3-6(4-11-9)13(16)17/h3-5H,2H2,1H3,(H,11,12)(H,14,15). The minimum atomic E-state index is -0.928. The van der Waals surface area contributed by atoms with Gasteiger partial charge in [0.25, 0.3) is 5.69 Å². The number of aliphatic carboxylic acids is 1. The molecule has 0 aliphatic heterocycles. The third-order valence-electron chi connectivity index (χ3n) is 1.90. The Bertz CT molecular complexity index is 452. The summed E-state index contributed by atoms with van der Waals surface area (Å²) in [4.78, 5) is 24.2. The van der Waals surface area contributed by atoms with Gasteiger partial charge in [0.1, 0.15) is 12.0 Å². The number of anilines is 1. The van der Waals surface area contributed by atoms with Crippen molar-refractivity contribution in [3.05, 3.63) is 26.9 Å². The molecule has 0 aliphatic carbocycles. The van der Waals surface area contributed by atoms with Gasteiger partial charge in [0.05, 0.1) is 15.8 Å². The molecule has 0 saturated carbocycles. The molecule has 1 aromatic rings. The number of carboxylic acid groups (broad SMARTS) is 1. The molecule has 0 aromatic carbocycles. The largest absolute Gasteiger partial charge is 0.481 e.